The van der Waals surface area contributed by atoms with Crippen LogP contribution in [-0.2, 0) is 4.79 Å². The van der Waals surface area contributed by atoms with Crippen molar-refractivity contribution in [2.75, 3.05) is 13.2 Å². The van der Waals surface area contributed by atoms with Gasteiger partial charge in [0.05, 0.1) is 5.56 Å². The van der Waals surface area contributed by atoms with E-state index in [4.69, 9.17) is 10.5 Å². The molecule has 0 unspecified atom stereocenters. The predicted octanol–water partition coefficient (Wildman–Crippen LogP) is 1.19. The summed E-state index contributed by atoms with van der Waals surface area (Å²) in [5.41, 5.74) is 5.43. The van der Waals surface area contributed by atoms with Crippen LogP contribution >= 0.6 is 15.9 Å². The van der Waals surface area contributed by atoms with Gasteiger partial charge in [-0.25, -0.2) is 0 Å². The number of hydrogen-bond acceptors (Lipinski definition) is 3. The molecule has 0 radical (unpaired) electrons. The summed E-state index contributed by atoms with van der Waals surface area (Å²) in [5.74, 6) is -0.618. The number of carbonyl (C=O) groups is 2. The molecule has 0 heterocycles. The van der Waals surface area contributed by atoms with Gasteiger partial charge >= 0.3 is 0 Å². The van der Waals surface area contributed by atoms with E-state index in [0.717, 1.165) is 0 Å². The molecule has 0 atom stereocenters. The van der Waals surface area contributed by atoms with Crippen LogP contribution in [0.5, 0.6) is 5.75 Å². The Hall–Kier alpha value is -1.82. The summed E-state index contributed by atoms with van der Waals surface area (Å²) in [4.78, 5) is 22.5. The number of rotatable bonds is 6. The van der Waals surface area contributed by atoms with Crippen molar-refractivity contribution in [2.45, 2.75) is 0 Å². The first-order valence-electron chi connectivity index (χ1n) is 5.12. The van der Waals surface area contributed by atoms with Crippen molar-refractivity contribution in [3.8, 4) is 5.75 Å². The Bertz CT molecular complexity index is 474. The van der Waals surface area contributed by atoms with E-state index in [2.05, 4.69) is 27.8 Å². The SMILES string of the molecule is C=C(Br)CNC(=O)COc1ccccc1C(N)=O. The number of amides is 2. The Labute approximate surface area is 113 Å². The first-order chi connectivity index (χ1) is 8.50. The van der Waals surface area contributed by atoms with Crippen LogP contribution in [-0.4, -0.2) is 25.0 Å². The van der Waals surface area contributed by atoms with E-state index < -0.39 is 5.91 Å². The largest absolute Gasteiger partial charge is 0.483 e. The molecular formula is C12H13BrN2O3. The summed E-state index contributed by atoms with van der Waals surface area (Å²) in [6.45, 7) is 3.71. The van der Waals surface area contributed by atoms with Gasteiger partial charge in [-0.15, -0.1) is 0 Å². The summed E-state index contributed by atoms with van der Waals surface area (Å²) in [7, 11) is 0. The average Bonchev–Trinajstić information content (AvgIpc) is 2.34. The first kappa shape index (κ1) is 14.2. The van der Waals surface area contributed by atoms with E-state index in [0.29, 0.717) is 11.0 Å². The third-order valence-corrected chi connectivity index (χ3v) is 2.27. The fourth-order valence-electron chi connectivity index (χ4n) is 1.18. The number of halogens is 1. The van der Waals surface area contributed by atoms with Crippen LogP contribution in [0.4, 0.5) is 0 Å². The molecule has 0 aliphatic carbocycles. The number of para-hydroxylation sites is 1. The van der Waals surface area contributed by atoms with E-state index in [1.807, 2.05) is 0 Å². The number of nitrogens with two attached hydrogens (primary N) is 1. The van der Waals surface area contributed by atoms with Crippen LogP contribution in [0.2, 0.25) is 0 Å². The highest BCUT2D eigenvalue weighted by Crippen LogP contribution is 2.16. The van der Waals surface area contributed by atoms with Crippen molar-refractivity contribution < 1.29 is 14.3 Å². The second-order valence-electron chi connectivity index (χ2n) is 3.44. The second kappa shape index (κ2) is 6.80. The highest BCUT2D eigenvalue weighted by molar-refractivity contribution is 9.11. The third kappa shape index (κ3) is 4.58. The van der Waals surface area contributed by atoms with Crippen LogP contribution in [0.3, 0.4) is 0 Å². The number of carbonyl (C=O) groups excluding carboxylic acids is 2. The lowest BCUT2D eigenvalue weighted by atomic mass is 10.2. The molecule has 0 spiro atoms. The lowest BCUT2D eigenvalue weighted by molar-refractivity contribution is -0.122. The van der Waals surface area contributed by atoms with Crippen molar-refractivity contribution in [1.82, 2.24) is 5.32 Å². The van der Waals surface area contributed by atoms with E-state index in [1.165, 1.54) is 6.07 Å². The lowest BCUT2D eigenvalue weighted by Crippen LogP contribution is -2.30. The van der Waals surface area contributed by atoms with Crippen molar-refractivity contribution in [3.63, 3.8) is 0 Å². The van der Waals surface area contributed by atoms with Crippen molar-refractivity contribution in [2.24, 2.45) is 5.73 Å². The normalized spacial score (nSPS) is 9.61. The van der Waals surface area contributed by atoms with Gasteiger partial charge < -0.3 is 15.8 Å². The number of benzene rings is 1. The van der Waals surface area contributed by atoms with Gasteiger partial charge in [0.2, 0.25) is 0 Å². The Morgan fingerprint density at radius 2 is 2.06 bits per heavy atom. The van der Waals surface area contributed by atoms with Crippen LogP contribution in [0, 0.1) is 0 Å². The number of primary amides is 1. The highest BCUT2D eigenvalue weighted by Gasteiger charge is 2.09. The summed E-state index contributed by atoms with van der Waals surface area (Å²) in [5, 5.41) is 2.57. The number of ether oxygens (including phenoxy) is 1. The zero-order chi connectivity index (χ0) is 13.5. The van der Waals surface area contributed by atoms with Gasteiger partial charge in [-0.3, -0.25) is 9.59 Å². The van der Waals surface area contributed by atoms with Crippen molar-refractivity contribution in [1.29, 1.82) is 0 Å². The summed E-state index contributed by atoms with van der Waals surface area (Å²) >= 11 is 3.12. The molecule has 0 saturated carbocycles. The van der Waals surface area contributed by atoms with Gasteiger partial charge in [0, 0.05) is 11.0 Å². The van der Waals surface area contributed by atoms with E-state index in [9.17, 15) is 9.59 Å². The molecule has 18 heavy (non-hydrogen) atoms. The van der Waals surface area contributed by atoms with Crippen molar-refractivity contribution in [3.05, 3.63) is 40.9 Å². The zero-order valence-electron chi connectivity index (χ0n) is 9.61. The van der Waals surface area contributed by atoms with E-state index in [-0.39, 0.29) is 23.8 Å². The molecule has 2 amide bonds. The lowest BCUT2D eigenvalue weighted by Gasteiger charge is -2.09. The Morgan fingerprint density at radius 1 is 1.39 bits per heavy atom. The van der Waals surface area contributed by atoms with Gasteiger partial charge in [-0.1, -0.05) is 34.6 Å². The molecule has 0 fully saturated rings. The monoisotopic (exact) mass is 312 g/mol. The maximum atomic E-state index is 11.4. The predicted molar refractivity (Wildman–Crippen MR) is 71.5 cm³/mol. The van der Waals surface area contributed by atoms with Crippen LogP contribution in [0.1, 0.15) is 10.4 Å². The molecule has 1 aromatic carbocycles. The maximum absolute atomic E-state index is 11.4. The maximum Gasteiger partial charge on any atom is 0.258 e. The standard InChI is InChI=1S/C12H13BrN2O3/c1-8(13)6-15-11(16)7-18-10-5-3-2-4-9(10)12(14)17/h2-5H,1,6-7H2,(H2,14,17)(H,15,16). The molecule has 0 aliphatic heterocycles. The summed E-state index contributed by atoms with van der Waals surface area (Å²) < 4.78 is 5.90. The smallest absolute Gasteiger partial charge is 0.258 e. The Kier molecular flexibility index (Phi) is 5.38. The summed E-state index contributed by atoms with van der Waals surface area (Å²) in [6, 6.07) is 6.48. The zero-order valence-corrected chi connectivity index (χ0v) is 11.2. The molecule has 1 rings (SSSR count). The van der Waals surface area contributed by atoms with Crippen molar-refractivity contribution >= 4 is 27.7 Å². The van der Waals surface area contributed by atoms with Gasteiger partial charge in [-0.05, 0) is 12.1 Å². The van der Waals surface area contributed by atoms with E-state index >= 15 is 0 Å². The number of nitrogens with one attached hydrogen (secondary N) is 1. The second-order valence-corrected chi connectivity index (χ2v) is 4.56. The molecule has 1 aromatic rings. The van der Waals surface area contributed by atoms with Gasteiger partial charge in [0.15, 0.2) is 6.61 Å². The minimum absolute atomic E-state index is 0.190. The van der Waals surface area contributed by atoms with Crippen LogP contribution < -0.4 is 15.8 Å². The van der Waals surface area contributed by atoms with Gasteiger partial charge in [-0.2, -0.15) is 0 Å². The Morgan fingerprint density at radius 3 is 2.67 bits per heavy atom. The highest BCUT2D eigenvalue weighted by atomic mass is 79.9. The minimum Gasteiger partial charge on any atom is -0.483 e. The Balaban J connectivity index is 2.56. The van der Waals surface area contributed by atoms with Gasteiger partial charge in [0.25, 0.3) is 11.8 Å². The first-order valence-corrected chi connectivity index (χ1v) is 5.91. The molecule has 0 aromatic heterocycles. The fourth-order valence-corrected chi connectivity index (χ4v) is 1.33. The molecule has 0 aliphatic rings. The quantitative estimate of drug-likeness (QED) is 0.828. The molecule has 3 N–H and O–H groups in total. The van der Waals surface area contributed by atoms with Crippen LogP contribution in [0.25, 0.3) is 0 Å². The average molecular weight is 313 g/mol. The molecular weight excluding hydrogens is 300 g/mol. The molecule has 6 heteroatoms. The van der Waals surface area contributed by atoms with Gasteiger partial charge in [0.1, 0.15) is 5.75 Å². The summed E-state index contributed by atoms with van der Waals surface area (Å²) in [6.07, 6.45) is 0. The molecule has 0 saturated heterocycles. The van der Waals surface area contributed by atoms with E-state index in [1.54, 1.807) is 18.2 Å². The molecule has 5 nitrogen and oxygen atoms in total. The minimum atomic E-state index is -0.597. The number of hydrogen-bond donors (Lipinski definition) is 2. The fraction of sp³-hybridized carbons (Fsp3) is 0.167. The topological polar surface area (TPSA) is 81.4 Å². The van der Waals surface area contributed by atoms with Crippen LogP contribution in [0.15, 0.2) is 35.3 Å². The third-order valence-electron chi connectivity index (χ3n) is 1.99. The molecule has 0 bridgehead atoms. The molecule has 96 valence electrons.